The van der Waals surface area contributed by atoms with Crippen molar-refractivity contribution >= 4 is 5.78 Å². The second kappa shape index (κ2) is 10.3. The lowest BCUT2D eigenvalue weighted by atomic mass is 10.0. The van der Waals surface area contributed by atoms with Gasteiger partial charge < -0.3 is 9.47 Å². The summed E-state index contributed by atoms with van der Waals surface area (Å²) in [5.74, 6) is 1.37. The van der Waals surface area contributed by atoms with Crippen molar-refractivity contribution < 1.29 is 14.3 Å². The van der Waals surface area contributed by atoms with Gasteiger partial charge >= 0.3 is 0 Å². The Bertz CT molecular complexity index is 873. The van der Waals surface area contributed by atoms with Gasteiger partial charge in [0, 0.05) is 12.0 Å². The summed E-state index contributed by atoms with van der Waals surface area (Å²) in [5, 5.41) is 0. The van der Waals surface area contributed by atoms with Crippen LogP contribution < -0.4 is 9.47 Å². The van der Waals surface area contributed by atoms with Crippen molar-refractivity contribution in [2.45, 2.75) is 32.3 Å². The number of carbonyl (C=O) groups excluding carboxylic acids is 1. The molecule has 3 aromatic carbocycles. The molecule has 0 heterocycles. The zero-order valence-corrected chi connectivity index (χ0v) is 16.3. The molecule has 0 saturated heterocycles. The van der Waals surface area contributed by atoms with Crippen LogP contribution in [0.15, 0.2) is 78.9 Å². The third-order valence-corrected chi connectivity index (χ3v) is 4.68. The van der Waals surface area contributed by atoms with E-state index in [0.29, 0.717) is 30.1 Å². The summed E-state index contributed by atoms with van der Waals surface area (Å²) in [7, 11) is 1.60. The molecule has 0 unspecified atom stereocenters. The van der Waals surface area contributed by atoms with E-state index in [1.807, 2.05) is 60.7 Å². The number of aryl methyl sites for hydroxylation is 1. The van der Waals surface area contributed by atoms with E-state index in [9.17, 15) is 4.79 Å². The second-order valence-corrected chi connectivity index (χ2v) is 6.76. The molecule has 3 aromatic rings. The molecule has 144 valence electrons. The van der Waals surface area contributed by atoms with E-state index in [-0.39, 0.29) is 5.78 Å². The molecule has 0 aliphatic heterocycles. The summed E-state index contributed by atoms with van der Waals surface area (Å²) in [6.45, 7) is 0.462. The number of benzene rings is 3. The van der Waals surface area contributed by atoms with Crippen LogP contribution in [0.2, 0.25) is 0 Å². The molecule has 0 radical (unpaired) electrons. The van der Waals surface area contributed by atoms with E-state index >= 15 is 0 Å². The van der Waals surface area contributed by atoms with Crippen LogP contribution in [0.4, 0.5) is 0 Å². The Labute approximate surface area is 166 Å². The zero-order chi connectivity index (χ0) is 19.6. The third kappa shape index (κ3) is 5.71. The van der Waals surface area contributed by atoms with Gasteiger partial charge in [-0.2, -0.15) is 0 Å². The predicted molar refractivity (Wildman–Crippen MR) is 112 cm³/mol. The van der Waals surface area contributed by atoms with Gasteiger partial charge in [0.2, 0.25) is 0 Å². The van der Waals surface area contributed by atoms with Gasteiger partial charge in [-0.3, -0.25) is 4.79 Å². The number of hydrogen-bond acceptors (Lipinski definition) is 3. The minimum atomic E-state index is 0.140. The van der Waals surface area contributed by atoms with Crippen molar-refractivity contribution in [2.75, 3.05) is 7.11 Å². The van der Waals surface area contributed by atoms with Crippen molar-refractivity contribution in [2.24, 2.45) is 0 Å². The van der Waals surface area contributed by atoms with E-state index in [1.54, 1.807) is 13.2 Å². The fourth-order valence-electron chi connectivity index (χ4n) is 3.10. The first-order chi connectivity index (χ1) is 13.8. The Hall–Kier alpha value is -3.07. The first-order valence-corrected chi connectivity index (χ1v) is 9.68. The molecule has 3 heteroatoms. The van der Waals surface area contributed by atoms with Crippen molar-refractivity contribution in [3.8, 4) is 11.5 Å². The molecule has 28 heavy (non-hydrogen) atoms. The van der Waals surface area contributed by atoms with E-state index < -0.39 is 0 Å². The Morgan fingerprint density at radius 2 is 1.46 bits per heavy atom. The molecular formula is C25H26O3. The molecule has 0 aromatic heterocycles. The fourth-order valence-corrected chi connectivity index (χ4v) is 3.10. The van der Waals surface area contributed by atoms with E-state index in [2.05, 4.69) is 12.1 Å². The maximum Gasteiger partial charge on any atom is 0.163 e. The Balaban J connectivity index is 1.52. The highest BCUT2D eigenvalue weighted by Crippen LogP contribution is 2.29. The summed E-state index contributed by atoms with van der Waals surface area (Å²) in [6.07, 6.45) is 3.43. The van der Waals surface area contributed by atoms with E-state index in [1.165, 1.54) is 5.56 Å². The molecule has 3 nitrogen and oxygen atoms in total. The molecule has 0 saturated carbocycles. The van der Waals surface area contributed by atoms with Crippen molar-refractivity contribution in [3.63, 3.8) is 0 Å². The number of Topliss-reactive ketones (excluding diaryl/α,β-unsaturated/α-hetero) is 1. The van der Waals surface area contributed by atoms with E-state index in [0.717, 1.165) is 24.8 Å². The number of rotatable bonds is 10. The minimum Gasteiger partial charge on any atom is -0.493 e. The number of carbonyl (C=O) groups is 1. The van der Waals surface area contributed by atoms with Crippen LogP contribution in [-0.2, 0) is 13.0 Å². The van der Waals surface area contributed by atoms with Gasteiger partial charge in [-0.25, -0.2) is 0 Å². The lowest BCUT2D eigenvalue weighted by Crippen LogP contribution is -2.02. The Kier molecular flexibility index (Phi) is 7.25. The number of hydrogen-bond donors (Lipinski definition) is 0. The third-order valence-electron chi connectivity index (χ3n) is 4.68. The van der Waals surface area contributed by atoms with Crippen molar-refractivity contribution in [3.05, 3.63) is 95.6 Å². The molecule has 0 aliphatic rings. The number of ketones is 1. The highest BCUT2D eigenvalue weighted by atomic mass is 16.5. The lowest BCUT2D eigenvalue weighted by molar-refractivity contribution is 0.0979. The van der Waals surface area contributed by atoms with Crippen LogP contribution in [0.25, 0.3) is 0 Å². The zero-order valence-electron chi connectivity index (χ0n) is 16.3. The second-order valence-electron chi connectivity index (χ2n) is 6.76. The smallest absolute Gasteiger partial charge is 0.163 e. The molecule has 0 atom stereocenters. The van der Waals surface area contributed by atoms with Gasteiger partial charge in [0.15, 0.2) is 17.3 Å². The molecule has 0 amide bonds. The van der Waals surface area contributed by atoms with Gasteiger partial charge in [0.05, 0.1) is 7.11 Å². The molecule has 0 aliphatic carbocycles. The largest absolute Gasteiger partial charge is 0.493 e. The summed E-state index contributed by atoms with van der Waals surface area (Å²) < 4.78 is 11.3. The topological polar surface area (TPSA) is 35.5 Å². The van der Waals surface area contributed by atoms with Crippen LogP contribution in [0.3, 0.4) is 0 Å². The SMILES string of the molecule is COc1cc(C(=O)CCCCc2ccccc2)ccc1OCc1ccccc1. The van der Waals surface area contributed by atoms with Gasteiger partial charge in [0.25, 0.3) is 0 Å². The first-order valence-electron chi connectivity index (χ1n) is 9.68. The highest BCUT2D eigenvalue weighted by molar-refractivity contribution is 5.96. The molecule has 0 fully saturated rings. The summed E-state index contributed by atoms with van der Waals surface area (Å²) in [4.78, 5) is 12.5. The van der Waals surface area contributed by atoms with Gasteiger partial charge in [0.1, 0.15) is 6.61 Å². The normalized spacial score (nSPS) is 10.5. The maximum atomic E-state index is 12.5. The van der Waals surface area contributed by atoms with Crippen LogP contribution in [0.5, 0.6) is 11.5 Å². The quantitative estimate of drug-likeness (QED) is 0.329. The predicted octanol–water partition coefficient (Wildman–Crippen LogP) is 5.87. The van der Waals surface area contributed by atoms with Crippen LogP contribution >= 0.6 is 0 Å². The van der Waals surface area contributed by atoms with Crippen LogP contribution in [-0.4, -0.2) is 12.9 Å². The Morgan fingerprint density at radius 3 is 2.14 bits per heavy atom. The highest BCUT2D eigenvalue weighted by Gasteiger charge is 2.11. The maximum absolute atomic E-state index is 12.5. The van der Waals surface area contributed by atoms with E-state index in [4.69, 9.17) is 9.47 Å². The molecule has 3 rings (SSSR count). The number of methoxy groups -OCH3 is 1. The molecule has 0 bridgehead atoms. The van der Waals surface area contributed by atoms with Crippen molar-refractivity contribution in [1.29, 1.82) is 0 Å². The summed E-state index contributed by atoms with van der Waals surface area (Å²) in [6, 6.07) is 25.8. The summed E-state index contributed by atoms with van der Waals surface area (Å²) in [5.41, 5.74) is 3.07. The van der Waals surface area contributed by atoms with Gasteiger partial charge in [-0.1, -0.05) is 60.7 Å². The minimum absolute atomic E-state index is 0.140. The monoisotopic (exact) mass is 374 g/mol. The summed E-state index contributed by atoms with van der Waals surface area (Å²) >= 11 is 0. The number of unbranched alkanes of at least 4 members (excludes halogenated alkanes) is 1. The van der Waals surface area contributed by atoms with Gasteiger partial charge in [-0.05, 0) is 48.6 Å². The standard InChI is InChI=1S/C25H26O3/c1-27-25-18-22(16-17-24(25)28-19-21-13-6-3-7-14-21)23(26)15-9-8-12-20-10-4-2-5-11-20/h2-7,10-11,13-14,16-18H,8-9,12,15,19H2,1H3. The lowest BCUT2D eigenvalue weighted by Gasteiger charge is -2.12. The Morgan fingerprint density at radius 1 is 0.786 bits per heavy atom. The molecule has 0 N–H and O–H groups in total. The van der Waals surface area contributed by atoms with Gasteiger partial charge in [-0.15, -0.1) is 0 Å². The van der Waals surface area contributed by atoms with Crippen molar-refractivity contribution in [1.82, 2.24) is 0 Å². The fraction of sp³-hybridized carbons (Fsp3) is 0.240. The van der Waals surface area contributed by atoms with Crippen LogP contribution in [0.1, 0.15) is 40.7 Å². The number of ether oxygens (including phenoxy) is 2. The first kappa shape index (κ1) is 19.7. The van der Waals surface area contributed by atoms with Crippen LogP contribution in [0, 0.1) is 0 Å². The molecular weight excluding hydrogens is 348 g/mol. The molecule has 0 spiro atoms. The average Bonchev–Trinajstić information content (AvgIpc) is 2.76. The average molecular weight is 374 g/mol.